The Morgan fingerprint density at radius 2 is 2.00 bits per heavy atom. The van der Waals surface area contributed by atoms with Crippen LogP contribution in [0.25, 0.3) is 0 Å². The molecule has 1 N–H and O–H groups in total. The molecular weight excluding hydrogens is 312 g/mol. The number of nitrogens with one attached hydrogen (secondary N) is 1. The summed E-state index contributed by atoms with van der Waals surface area (Å²) in [5.74, 6) is 0.365. The van der Waals surface area contributed by atoms with Crippen molar-refractivity contribution in [3.05, 3.63) is 63.4 Å². The van der Waals surface area contributed by atoms with Crippen LogP contribution in [0.3, 0.4) is 0 Å². The lowest BCUT2D eigenvalue weighted by Gasteiger charge is -2.32. The highest BCUT2D eigenvalue weighted by atomic mass is 35.5. The van der Waals surface area contributed by atoms with Crippen molar-refractivity contribution in [2.24, 2.45) is 0 Å². The molecule has 1 heterocycles. The molecule has 5 heteroatoms. The van der Waals surface area contributed by atoms with Crippen molar-refractivity contribution < 1.29 is 9.13 Å². The molecule has 1 aliphatic heterocycles. The molecule has 2 aromatic rings. The lowest BCUT2D eigenvalue weighted by molar-refractivity contribution is 0.154. The third kappa shape index (κ3) is 2.86. The van der Waals surface area contributed by atoms with E-state index in [2.05, 4.69) is 5.32 Å². The third-order valence-corrected chi connectivity index (χ3v) is 4.25. The molecular formula is C16H14Cl2FNO. The molecule has 0 amide bonds. The maximum Gasteiger partial charge on any atom is 0.141 e. The smallest absolute Gasteiger partial charge is 0.141 e. The highest BCUT2D eigenvalue weighted by Crippen LogP contribution is 2.42. The van der Waals surface area contributed by atoms with Crippen LogP contribution < -0.4 is 10.1 Å². The first-order valence-corrected chi connectivity index (χ1v) is 7.42. The molecule has 2 aromatic carbocycles. The van der Waals surface area contributed by atoms with Crippen molar-refractivity contribution in [2.75, 3.05) is 7.05 Å². The molecule has 0 aliphatic carbocycles. The summed E-state index contributed by atoms with van der Waals surface area (Å²) in [6.07, 6.45) is 0.556. The zero-order valence-corrected chi connectivity index (χ0v) is 12.9. The van der Waals surface area contributed by atoms with E-state index in [-0.39, 0.29) is 17.2 Å². The Kier molecular flexibility index (Phi) is 4.07. The minimum absolute atomic E-state index is 0.110. The second-order valence-electron chi connectivity index (χ2n) is 5.04. The van der Waals surface area contributed by atoms with Crippen molar-refractivity contribution in [2.45, 2.75) is 18.6 Å². The highest BCUT2D eigenvalue weighted by molar-refractivity contribution is 6.31. The number of fused-ring (bicyclic) bond motifs is 1. The summed E-state index contributed by atoms with van der Waals surface area (Å²) >= 11 is 11.9. The molecule has 0 aromatic heterocycles. The standard InChI is InChI=1S/C16H14Cl2FNO/c1-20-14-8-16(9-2-4-13(19)12(18)6-9)21-15-5-3-10(17)7-11(14)15/h2-7,14,16,20H,8H2,1H3. The predicted octanol–water partition coefficient (Wildman–Crippen LogP) is 4.92. The summed E-state index contributed by atoms with van der Waals surface area (Å²) in [6, 6.07) is 10.4. The maximum absolute atomic E-state index is 13.3. The molecule has 0 spiro atoms. The molecule has 0 bridgehead atoms. The van der Waals surface area contributed by atoms with Gasteiger partial charge in [0.2, 0.25) is 0 Å². The molecule has 2 unspecified atom stereocenters. The van der Waals surface area contributed by atoms with Gasteiger partial charge in [-0.05, 0) is 42.9 Å². The van der Waals surface area contributed by atoms with Crippen LogP contribution in [-0.2, 0) is 0 Å². The summed E-state index contributed by atoms with van der Waals surface area (Å²) in [5.41, 5.74) is 1.90. The number of benzene rings is 2. The fraction of sp³-hybridized carbons (Fsp3) is 0.250. The van der Waals surface area contributed by atoms with E-state index in [1.807, 2.05) is 19.2 Å². The third-order valence-electron chi connectivity index (χ3n) is 3.73. The van der Waals surface area contributed by atoms with Gasteiger partial charge in [0, 0.05) is 23.0 Å². The SMILES string of the molecule is CNC1CC(c2ccc(F)c(Cl)c2)Oc2ccc(Cl)cc21. The van der Waals surface area contributed by atoms with E-state index in [0.29, 0.717) is 5.02 Å². The lowest BCUT2D eigenvalue weighted by atomic mass is 9.93. The second-order valence-corrected chi connectivity index (χ2v) is 5.88. The first-order valence-electron chi connectivity index (χ1n) is 6.67. The topological polar surface area (TPSA) is 21.3 Å². The van der Waals surface area contributed by atoms with E-state index < -0.39 is 5.82 Å². The van der Waals surface area contributed by atoms with Gasteiger partial charge in [0.25, 0.3) is 0 Å². The Hall–Kier alpha value is -1.29. The first-order chi connectivity index (χ1) is 10.1. The fourth-order valence-corrected chi connectivity index (χ4v) is 3.00. The van der Waals surface area contributed by atoms with Gasteiger partial charge in [-0.25, -0.2) is 4.39 Å². The zero-order chi connectivity index (χ0) is 15.0. The molecule has 110 valence electrons. The van der Waals surface area contributed by atoms with Gasteiger partial charge in [0.05, 0.1) is 5.02 Å². The second kappa shape index (κ2) is 5.84. The van der Waals surface area contributed by atoms with Crippen molar-refractivity contribution in [3.8, 4) is 5.75 Å². The van der Waals surface area contributed by atoms with Gasteiger partial charge in [-0.3, -0.25) is 0 Å². The summed E-state index contributed by atoms with van der Waals surface area (Å²) in [7, 11) is 1.90. The molecule has 0 fully saturated rings. The van der Waals surface area contributed by atoms with Gasteiger partial charge in [-0.1, -0.05) is 29.3 Å². The Balaban J connectivity index is 1.96. The van der Waals surface area contributed by atoms with Gasteiger partial charge in [-0.2, -0.15) is 0 Å². The normalized spacial score (nSPS) is 20.8. The molecule has 2 nitrogen and oxygen atoms in total. The molecule has 1 aliphatic rings. The summed E-state index contributed by atoms with van der Waals surface area (Å²) in [6.45, 7) is 0. The van der Waals surface area contributed by atoms with E-state index in [1.54, 1.807) is 18.2 Å². The van der Waals surface area contributed by atoms with Crippen LogP contribution in [0.1, 0.15) is 29.7 Å². The Morgan fingerprint density at radius 3 is 2.71 bits per heavy atom. The molecule has 2 atom stereocenters. The predicted molar refractivity (Wildman–Crippen MR) is 82.6 cm³/mol. The minimum Gasteiger partial charge on any atom is -0.485 e. The molecule has 0 saturated heterocycles. The van der Waals surface area contributed by atoms with E-state index >= 15 is 0 Å². The Labute approximate surface area is 132 Å². The van der Waals surface area contributed by atoms with Crippen LogP contribution in [-0.4, -0.2) is 7.05 Å². The monoisotopic (exact) mass is 325 g/mol. The first kappa shape index (κ1) is 14.6. The van der Waals surface area contributed by atoms with Gasteiger partial charge in [0.15, 0.2) is 0 Å². The van der Waals surface area contributed by atoms with Crippen LogP contribution in [0.5, 0.6) is 5.75 Å². The average Bonchev–Trinajstić information content (AvgIpc) is 2.49. The van der Waals surface area contributed by atoms with Crippen molar-refractivity contribution in [1.29, 1.82) is 0 Å². The van der Waals surface area contributed by atoms with E-state index in [0.717, 1.165) is 23.3 Å². The Bertz CT molecular complexity index is 677. The van der Waals surface area contributed by atoms with Crippen LogP contribution in [0, 0.1) is 5.82 Å². The van der Waals surface area contributed by atoms with Crippen LogP contribution >= 0.6 is 23.2 Å². The number of halogens is 3. The molecule has 21 heavy (non-hydrogen) atoms. The number of hydrogen-bond donors (Lipinski definition) is 1. The minimum atomic E-state index is -0.423. The highest BCUT2D eigenvalue weighted by Gasteiger charge is 2.29. The Morgan fingerprint density at radius 1 is 1.19 bits per heavy atom. The van der Waals surface area contributed by atoms with Crippen molar-refractivity contribution in [3.63, 3.8) is 0 Å². The molecule has 3 rings (SSSR count). The van der Waals surface area contributed by atoms with Gasteiger partial charge >= 0.3 is 0 Å². The summed E-state index contributed by atoms with van der Waals surface area (Å²) < 4.78 is 19.3. The van der Waals surface area contributed by atoms with Gasteiger partial charge in [-0.15, -0.1) is 0 Å². The van der Waals surface area contributed by atoms with Crippen molar-refractivity contribution >= 4 is 23.2 Å². The van der Waals surface area contributed by atoms with Crippen LogP contribution in [0.4, 0.5) is 4.39 Å². The number of hydrogen-bond acceptors (Lipinski definition) is 2. The fourth-order valence-electron chi connectivity index (χ4n) is 2.63. The summed E-state index contributed by atoms with van der Waals surface area (Å²) in [4.78, 5) is 0. The molecule has 0 saturated carbocycles. The van der Waals surface area contributed by atoms with E-state index in [1.165, 1.54) is 6.07 Å². The van der Waals surface area contributed by atoms with E-state index in [9.17, 15) is 4.39 Å². The lowest BCUT2D eigenvalue weighted by Crippen LogP contribution is -2.26. The van der Waals surface area contributed by atoms with Crippen molar-refractivity contribution in [1.82, 2.24) is 5.32 Å². The zero-order valence-electron chi connectivity index (χ0n) is 11.4. The number of ether oxygens (including phenoxy) is 1. The number of rotatable bonds is 2. The molecule has 0 radical (unpaired) electrons. The average molecular weight is 326 g/mol. The largest absolute Gasteiger partial charge is 0.485 e. The maximum atomic E-state index is 13.3. The van der Waals surface area contributed by atoms with E-state index in [4.69, 9.17) is 27.9 Å². The van der Waals surface area contributed by atoms with Crippen LogP contribution in [0.2, 0.25) is 10.0 Å². The van der Waals surface area contributed by atoms with Gasteiger partial charge < -0.3 is 10.1 Å². The summed E-state index contributed by atoms with van der Waals surface area (Å²) in [5, 5.41) is 4.06. The van der Waals surface area contributed by atoms with Crippen LogP contribution in [0.15, 0.2) is 36.4 Å². The van der Waals surface area contributed by atoms with Gasteiger partial charge in [0.1, 0.15) is 17.7 Å². The quantitative estimate of drug-likeness (QED) is 0.846.